The molecule has 0 heterocycles. The number of halogens is 1. The first-order valence-electron chi connectivity index (χ1n) is 5.51. The Morgan fingerprint density at radius 3 is 2.72 bits per heavy atom. The molecule has 0 spiro atoms. The molecule has 0 aliphatic rings. The molecule has 1 rings (SSSR count). The van der Waals surface area contributed by atoms with Crippen molar-refractivity contribution < 1.29 is 13.2 Å². The number of nitrogens with two attached hydrogens (primary N) is 1. The smallest absolute Gasteiger partial charge is 0.238 e. The molecular weight excluding hydrogens is 276 g/mol. The Balaban J connectivity index is 2.88. The summed E-state index contributed by atoms with van der Waals surface area (Å²) < 4.78 is 27.7. The third-order valence-electron chi connectivity index (χ3n) is 2.24. The van der Waals surface area contributed by atoms with E-state index in [2.05, 4.69) is 5.32 Å². The van der Waals surface area contributed by atoms with Gasteiger partial charge in [-0.2, -0.15) is 0 Å². The molecule has 102 valence electrons. The third kappa shape index (κ3) is 4.45. The summed E-state index contributed by atoms with van der Waals surface area (Å²) in [6.07, 6.45) is 0. The third-order valence-corrected chi connectivity index (χ3v) is 3.48. The number of nitrogens with one attached hydrogen (secondary N) is 1. The summed E-state index contributed by atoms with van der Waals surface area (Å²) in [5, 5.41) is 8.58. The zero-order valence-electron chi connectivity index (χ0n) is 10.3. The molecule has 0 aromatic heterocycles. The van der Waals surface area contributed by atoms with Crippen LogP contribution in [0, 0.1) is 0 Å². The van der Waals surface area contributed by atoms with Crippen LogP contribution in [0.1, 0.15) is 13.8 Å². The van der Waals surface area contributed by atoms with Crippen LogP contribution >= 0.6 is 11.6 Å². The molecule has 5 nitrogen and oxygen atoms in total. The Morgan fingerprint density at radius 2 is 2.17 bits per heavy atom. The Bertz CT molecular complexity index is 505. The van der Waals surface area contributed by atoms with Crippen molar-refractivity contribution in [2.24, 2.45) is 5.14 Å². The van der Waals surface area contributed by atoms with E-state index in [1.54, 1.807) is 0 Å². The summed E-state index contributed by atoms with van der Waals surface area (Å²) in [5.74, 6) is 0. The Morgan fingerprint density at radius 1 is 1.50 bits per heavy atom. The van der Waals surface area contributed by atoms with E-state index in [4.69, 9.17) is 21.5 Å². The van der Waals surface area contributed by atoms with Crippen molar-refractivity contribution in [3.63, 3.8) is 0 Å². The molecule has 0 saturated carbocycles. The number of hydrogen-bond donors (Lipinski definition) is 2. The lowest BCUT2D eigenvalue weighted by atomic mass is 10.2. The topological polar surface area (TPSA) is 81.4 Å². The lowest BCUT2D eigenvalue weighted by Gasteiger charge is -2.16. The van der Waals surface area contributed by atoms with Gasteiger partial charge in [-0.1, -0.05) is 11.6 Å². The van der Waals surface area contributed by atoms with Gasteiger partial charge in [-0.3, -0.25) is 0 Å². The van der Waals surface area contributed by atoms with E-state index in [-0.39, 0.29) is 10.9 Å². The highest BCUT2D eigenvalue weighted by molar-refractivity contribution is 7.89. The molecule has 1 unspecified atom stereocenters. The van der Waals surface area contributed by atoms with Crippen molar-refractivity contribution >= 4 is 27.3 Å². The summed E-state index contributed by atoms with van der Waals surface area (Å²) in [6.45, 7) is 4.94. The average Bonchev–Trinajstić information content (AvgIpc) is 2.28. The van der Waals surface area contributed by atoms with Gasteiger partial charge in [0.1, 0.15) is 0 Å². The van der Waals surface area contributed by atoms with Gasteiger partial charge in [-0.05, 0) is 32.0 Å². The van der Waals surface area contributed by atoms with E-state index in [0.717, 1.165) is 0 Å². The minimum atomic E-state index is -3.72. The zero-order chi connectivity index (χ0) is 13.8. The van der Waals surface area contributed by atoms with E-state index in [9.17, 15) is 8.42 Å². The molecule has 7 heteroatoms. The van der Waals surface area contributed by atoms with Crippen molar-refractivity contribution in [3.8, 4) is 0 Å². The first-order valence-corrected chi connectivity index (χ1v) is 7.43. The van der Waals surface area contributed by atoms with Crippen LogP contribution in [0.25, 0.3) is 0 Å². The lowest BCUT2D eigenvalue weighted by molar-refractivity contribution is 0.141. The molecule has 3 N–H and O–H groups in total. The summed E-state index contributed by atoms with van der Waals surface area (Å²) >= 11 is 5.99. The van der Waals surface area contributed by atoms with E-state index in [1.165, 1.54) is 18.2 Å². The van der Waals surface area contributed by atoms with Gasteiger partial charge in [0.2, 0.25) is 10.0 Å². The second-order valence-electron chi connectivity index (χ2n) is 3.89. The van der Waals surface area contributed by atoms with E-state index >= 15 is 0 Å². The second-order valence-corrected chi connectivity index (χ2v) is 5.86. The van der Waals surface area contributed by atoms with Gasteiger partial charge < -0.3 is 10.1 Å². The summed E-state index contributed by atoms with van der Waals surface area (Å²) in [7, 11) is -3.72. The Kier molecular flexibility index (Phi) is 5.40. The molecule has 1 aromatic rings. The number of rotatable bonds is 6. The molecule has 0 saturated heterocycles. The second kappa shape index (κ2) is 6.38. The monoisotopic (exact) mass is 292 g/mol. The number of anilines is 1. The summed E-state index contributed by atoms with van der Waals surface area (Å²) in [4.78, 5) is 0.0259. The maximum atomic E-state index is 11.2. The summed E-state index contributed by atoms with van der Waals surface area (Å²) in [5.41, 5.74) is 0.524. The minimum absolute atomic E-state index is 0.0122. The number of hydrogen-bond acceptors (Lipinski definition) is 4. The van der Waals surface area contributed by atoms with E-state index < -0.39 is 10.0 Å². The normalized spacial score (nSPS) is 13.3. The average molecular weight is 293 g/mol. The fourth-order valence-electron chi connectivity index (χ4n) is 1.39. The van der Waals surface area contributed by atoms with Gasteiger partial charge in [-0.25, -0.2) is 13.6 Å². The standard InChI is InChI=1S/C11H17ClN2O3S/c1-3-17-7-8(2)14-11-6-9(18(13,15)16)4-5-10(11)12/h4-6,8,14H,3,7H2,1-2H3,(H2,13,15,16). The van der Waals surface area contributed by atoms with Crippen LogP contribution in [-0.4, -0.2) is 27.7 Å². The predicted octanol–water partition coefficient (Wildman–Crippen LogP) is 1.82. The molecule has 0 fully saturated rings. The molecule has 1 atom stereocenters. The van der Waals surface area contributed by atoms with Gasteiger partial charge in [0.15, 0.2) is 0 Å². The lowest BCUT2D eigenvalue weighted by Crippen LogP contribution is -2.22. The quantitative estimate of drug-likeness (QED) is 0.838. The molecule has 0 amide bonds. The predicted molar refractivity (Wildman–Crippen MR) is 72.4 cm³/mol. The maximum Gasteiger partial charge on any atom is 0.238 e. The van der Waals surface area contributed by atoms with Crippen molar-refractivity contribution in [3.05, 3.63) is 23.2 Å². The molecule has 18 heavy (non-hydrogen) atoms. The molecule has 0 aliphatic carbocycles. The number of ether oxygens (including phenoxy) is 1. The van der Waals surface area contributed by atoms with Crippen LogP contribution in [0.5, 0.6) is 0 Å². The highest BCUT2D eigenvalue weighted by Gasteiger charge is 2.12. The van der Waals surface area contributed by atoms with Crippen LogP contribution in [0.4, 0.5) is 5.69 Å². The van der Waals surface area contributed by atoms with Crippen molar-refractivity contribution in [2.45, 2.75) is 24.8 Å². The fourth-order valence-corrected chi connectivity index (χ4v) is 2.11. The first-order chi connectivity index (χ1) is 8.34. The molecule has 1 aromatic carbocycles. The van der Waals surface area contributed by atoms with Gasteiger partial charge in [-0.15, -0.1) is 0 Å². The van der Waals surface area contributed by atoms with Crippen LogP contribution in [0.3, 0.4) is 0 Å². The molecular formula is C11H17ClN2O3S. The first kappa shape index (κ1) is 15.2. The van der Waals surface area contributed by atoms with Gasteiger partial charge in [0, 0.05) is 12.6 Å². The van der Waals surface area contributed by atoms with Crippen molar-refractivity contribution in [1.29, 1.82) is 0 Å². The highest BCUT2D eigenvalue weighted by Crippen LogP contribution is 2.25. The number of primary sulfonamides is 1. The molecule has 0 radical (unpaired) electrons. The van der Waals surface area contributed by atoms with E-state index in [1.807, 2.05) is 13.8 Å². The van der Waals surface area contributed by atoms with Crippen molar-refractivity contribution in [2.75, 3.05) is 18.5 Å². The van der Waals surface area contributed by atoms with E-state index in [0.29, 0.717) is 23.9 Å². The number of sulfonamides is 1. The highest BCUT2D eigenvalue weighted by atomic mass is 35.5. The van der Waals surface area contributed by atoms with Crippen LogP contribution in [0.2, 0.25) is 5.02 Å². The molecule has 0 aliphatic heterocycles. The SMILES string of the molecule is CCOCC(C)Nc1cc(S(N)(=O)=O)ccc1Cl. The Hall–Kier alpha value is -0.820. The van der Waals surface area contributed by atoms with Crippen LogP contribution in [-0.2, 0) is 14.8 Å². The van der Waals surface area contributed by atoms with Gasteiger partial charge in [0.05, 0.1) is 22.2 Å². The number of benzene rings is 1. The maximum absolute atomic E-state index is 11.2. The summed E-state index contributed by atoms with van der Waals surface area (Å²) in [6, 6.07) is 4.30. The zero-order valence-corrected chi connectivity index (χ0v) is 11.9. The Labute approximate surface area is 112 Å². The van der Waals surface area contributed by atoms with Crippen LogP contribution in [0.15, 0.2) is 23.1 Å². The van der Waals surface area contributed by atoms with Crippen molar-refractivity contribution in [1.82, 2.24) is 0 Å². The van der Waals surface area contributed by atoms with Gasteiger partial charge >= 0.3 is 0 Å². The minimum Gasteiger partial charge on any atom is -0.380 e. The van der Waals surface area contributed by atoms with Crippen LogP contribution < -0.4 is 10.5 Å². The fraction of sp³-hybridized carbons (Fsp3) is 0.455. The van der Waals surface area contributed by atoms with Gasteiger partial charge in [0.25, 0.3) is 0 Å². The largest absolute Gasteiger partial charge is 0.380 e. The molecule has 0 bridgehead atoms.